The van der Waals surface area contributed by atoms with Crippen LogP contribution in [0.2, 0.25) is 0 Å². The molecule has 7 nitrogen and oxygen atoms in total. The maximum Gasteiger partial charge on any atom is 0.269 e. The van der Waals surface area contributed by atoms with Gasteiger partial charge in [-0.2, -0.15) is 5.10 Å². The summed E-state index contributed by atoms with van der Waals surface area (Å²) in [5.41, 5.74) is 2.96. The van der Waals surface area contributed by atoms with Crippen LogP contribution in [0.1, 0.15) is 33.5 Å². The van der Waals surface area contributed by atoms with E-state index >= 15 is 0 Å². The summed E-state index contributed by atoms with van der Waals surface area (Å²) in [6.07, 6.45) is 4.39. The summed E-state index contributed by atoms with van der Waals surface area (Å²) < 4.78 is 9.34. The quantitative estimate of drug-likeness (QED) is 0.445. The molecule has 160 valence electrons. The molecular weight excluding hydrogens is 410 g/mol. The molecule has 31 heavy (non-hydrogen) atoms. The zero-order valence-electron chi connectivity index (χ0n) is 17.9. The van der Waals surface area contributed by atoms with E-state index in [1.165, 1.54) is 14.9 Å². The van der Waals surface area contributed by atoms with Crippen LogP contribution in [0.4, 0.5) is 0 Å². The number of hydrogen-bond donors (Lipinski definition) is 0. The number of ether oxygens (including phenoxy) is 1. The summed E-state index contributed by atoms with van der Waals surface area (Å²) in [6.45, 7) is 2.57. The monoisotopic (exact) mass is 435 g/mol. The smallest absolute Gasteiger partial charge is 0.269 e. The maximum atomic E-state index is 12.5. The molecule has 4 aromatic rings. The van der Waals surface area contributed by atoms with Crippen molar-refractivity contribution in [2.75, 3.05) is 6.61 Å². The third-order valence-corrected chi connectivity index (χ3v) is 6.90. The van der Waals surface area contributed by atoms with Crippen molar-refractivity contribution in [3.63, 3.8) is 0 Å². The number of benzene rings is 1. The van der Waals surface area contributed by atoms with Crippen LogP contribution in [-0.2, 0) is 26.9 Å². The second kappa shape index (κ2) is 7.92. The van der Waals surface area contributed by atoms with Crippen LogP contribution < -0.4 is 10.3 Å². The Balaban J connectivity index is 1.25. The third-order valence-electron chi connectivity index (χ3n) is 5.93. The lowest BCUT2D eigenvalue weighted by Gasteiger charge is -2.09. The Bertz CT molecular complexity index is 1310. The largest absolute Gasteiger partial charge is 0.476 e. The average molecular weight is 436 g/mol. The van der Waals surface area contributed by atoms with Gasteiger partial charge in [-0.05, 0) is 32.3 Å². The molecule has 0 amide bonds. The molecule has 0 unspecified atom stereocenters. The molecule has 1 saturated carbocycles. The fourth-order valence-electron chi connectivity index (χ4n) is 4.14. The van der Waals surface area contributed by atoms with Gasteiger partial charge in [0.05, 0.1) is 22.8 Å². The standard InChI is InChI=1S/C23H25N5O2S/c1-14-24-12-17(31-14)9-8-15-11-21(25-28(3)23(15)29)30-13-16-10-19(16)22-18-6-4-5-7-20(18)27(2)26-22/h4-7,11-12,16,19H,8-10,13H2,1-3H3/t16-,19+/m0/s1. The third kappa shape index (κ3) is 3.99. The second-order valence-electron chi connectivity index (χ2n) is 8.22. The first-order valence-corrected chi connectivity index (χ1v) is 11.3. The van der Waals surface area contributed by atoms with Crippen LogP contribution in [0.3, 0.4) is 0 Å². The predicted molar refractivity (Wildman–Crippen MR) is 121 cm³/mol. The van der Waals surface area contributed by atoms with Gasteiger partial charge >= 0.3 is 0 Å². The molecule has 8 heteroatoms. The van der Waals surface area contributed by atoms with Crippen LogP contribution in [0, 0.1) is 12.8 Å². The minimum Gasteiger partial charge on any atom is -0.476 e. The molecule has 1 aromatic carbocycles. The minimum atomic E-state index is -0.0714. The molecule has 0 N–H and O–H groups in total. The van der Waals surface area contributed by atoms with Gasteiger partial charge in [-0.25, -0.2) is 9.67 Å². The lowest BCUT2D eigenvalue weighted by molar-refractivity contribution is 0.277. The molecule has 0 spiro atoms. The van der Waals surface area contributed by atoms with E-state index in [0.717, 1.165) is 34.6 Å². The Labute approximate surface area is 184 Å². The summed E-state index contributed by atoms with van der Waals surface area (Å²) in [4.78, 5) is 18.0. The molecule has 0 bridgehead atoms. The number of nitrogens with zero attached hydrogens (tertiary/aromatic N) is 5. The highest BCUT2D eigenvalue weighted by Crippen LogP contribution is 2.48. The minimum absolute atomic E-state index is 0.0714. The van der Waals surface area contributed by atoms with Gasteiger partial charge in [0.2, 0.25) is 5.88 Å². The van der Waals surface area contributed by atoms with Gasteiger partial charge in [0.15, 0.2) is 0 Å². The summed E-state index contributed by atoms with van der Waals surface area (Å²) >= 11 is 1.67. The molecule has 1 fully saturated rings. The van der Waals surface area contributed by atoms with Crippen LogP contribution in [0.15, 0.2) is 41.3 Å². The van der Waals surface area contributed by atoms with Gasteiger partial charge in [0.1, 0.15) is 0 Å². The highest BCUT2D eigenvalue weighted by atomic mass is 32.1. The predicted octanol–water partition coefficient (Wildman–Crippen LogP) is 3.40. The number of aromatic nitrogens is 5. The normalized spacial score (nSPS) is 17.9. The lowest BCUT2D eigenvalue weighted by atomic mass is 10.1. The highest BCUT2D eigenvalue weighted by Gasteiger charge is 2.42. The van der Waals surface area contributed by atoms with Crippen molar-refractivity contribution in [2.24, 2.45) is 20.0 Å². The summed E-state index contributed by atoms with van der Waals surface area (Å²) in [7, 11) is 3.67. The molecule has 3 heterocycles. The van der Waals surface area contributed by atoms with Crippen molar-refractivity contribution in [3.8, 4) is 5.88 Å². The van der Waals surface area contributed by atoms with Crippen LogP contribution in [-0.4, -0.2) is 31.2 Å². The molecule has 1 aliphatic carbocycles. The van der Waals surface area contributed by atoms with Crippen molar-refractivity contribution < 1.29 is 4.74 Å². The van der Waals surface area contributed by atoms with Gasteiger partial charge in [-0.1, -0.05) is 18.2 Å². The average Bonchev–Trinajstić information content (AvgIpc) is 3.29. The van der Waals surface area contributed by atoms with Gasteiger partial charge in [0.25, 0.3) is 5.56 Å². The molecule has 1 aliphatic rings. The van der Waals surface area contributed by atoms with E-state index in [9.17, 15) is 4.79 Å². The number of fused-ring (bicyclic) bond motifs is 1. The van der Waals surface area contributed by atoms with E-state index in [2.05, 4.69) is 28.3 Å². The summed E-state index contributed by atoms with van der Waals surface area (Å²) in [5.74, 6) is 1.34. The van der Waals surface area contributed by atoms with E-state index in [1.807, 2.05) is 30.9 Å². The van der Waals surface area contributed by atoms with Gasteiger partial charge in [-0.15, -0.1) is 16.4 Å². The molecule has 2 atom stereocenters. The number of hydrogen-bond acceptors (Lipinski definition) is 6. The van der Waals surface area contributed by atoms with Crippen LogP contribution in [0.5, 0.6) is 5.88 Å². The first-order chi connectivity index (χ1) is 15.0. The second-order valence-corrected chi connectivity index (χ2v) is 9.54. The first-order valence-electron chi connectivity index (χ1n) is 10.5. The first kappa shape index (κ1) is 19.9. The number of thiazole rings is 1. The van der Waals surface area contributed by atoms with Crippen LogP contribution in [0.25, 0.3) is 10.9 Å². The molecule has 3 aromatic heterocycles. The molecule has 0 aliphatic heterocycles. The van der Waals surface area contributed by atoms with Gasteiger partial charge in [-0.3, -0.25) is 9.48 Å². The summed E-state index contributed by atoms with van der Waals surface area (Å²) in [5, 5.41) is 11.3. The number of rotatable bonds is 7. The van der Waals surface area contributed by atoms with E-state index in [-0.39, 0.29) is 5.56 Å². The fraction of sp³-hybridized carbons (Fsp3) is 0.391. The van der Waals surface area contributed by atoms with Crippen molar-refractivity contribution >= 4 is 22.2 Å². The van der Waals surface area contributed by atoms with Crippen molar-refractivity contribution in [2.45, 2.75) is 32.1 Å². The SMILES string of the molecule is Cc1ncc(CCc2cc(OC[C@@H]3C[C@H]3c3nn(C)c4ccccc34)nn(C)c2=O)s1. The Kier molecular flexibility index (Phi) is 5.09. The van der Waals surface area contributed by atoms with E-state index < -0.39 is 0 Å². The molecule has 0 saturated heterocycles. The van der Waals surface area contributed by atoms with Crippen molar-refractivity contribution in [1.29, 1.82) is 0 Å². The Morgan fingerprint density at radius 2 is 2.00 bits per heavy atom. The zero-order chi connectivity index (χ0) is 21.5. The lowest BCUT2D eigenvalue weighted by Crippen LogP contribution is -2.24. The molecular formula is C23H25N5O2S. The topological polar surface area (TPSA) is 74.8 Å². The van der Waals surface area contributed by atoms with E-state index in [4.69, 9.17) is 9.84 Å². The van der Waals surface area contributed by atoms with Crippen LogP contribution >= 0.6 is 11.3 Å². The molecule has 5 rings (SSSR count). The van der Waals surface area contributed by atoms with Gasteiger partial charge in [0, 0.05) is 54.0 Å². The zero-order valence-corrected chi connectivity index (χ0v) is 18.7. The van der Waals surface area contributed by atoms with Gasteiger partial charge < -0.3 is 4.74 Å². The summed E-state index contributed by atoms with van der Waals surface area (Å²) in [6, 6.07) is 10.1. The van der Waals surface area contributed by atoms with E-state index in [1.54, 1.807) is 24.5 Å². The van der Waals surface area contributed by atoms with E-state index in [0.29, 0.717) is 30.7 Å². The Morgan fingerprint density at radius 1 is 1.16 bits per heavy atom. The molecule has 0 radical (unpaired) electrons. The Hall–Kier alpha value is -3.00. The number of para-hydroxylation sites is 1. The number of aryl methyl sites for hydroxylation is 5. The fourth-order valence-corrected chi connectivity index (χ4v) is 4.94. The maximum absolute atomic E-state index is 12.5. The Morgan fingerprint density at radius 3 is 2.81 bits per heavy atom. The van der Waals surface area contributed by atoms with Crippen molar-refractivity contribution in [1.82, 2.24) is 24.5 Å². The highest BCUT2D eigenvalue weighted by molar-refractivity contribution is 7.11. The van der Waals surface area contributed by atoms with Crippen molar-refractivity contribution in [3.05, 3.63) is 68.0 Å².